The summed E-state index contributed by atoms with van der Waals surface area (Å²) in [5.74, 6) is -0.487. The molecular formula is C22H21N3O3. The number of benzene rings is 2. The van der Waals surface area contributed by atoms with Crippen LogP contribution >= 0.6 is 0 Å². The van der Waals surface area contributed by atoms with Crippen molar-refractivity contribution in [1.29, 1.82) is 0 Å². The fourth-order valence-electron chi connectivity index (χ4n) is 3.24. The molecule has 142 valence electrons. The van der Waals surface area contributed by atoms with E-state index in [1.807, 2.05) is 18.2 Å². The lowest BCUT2D eigenvalue weighted by Crippen LogP contribution is -2.27. The van der Waals surface area contributed by atoms with Gasteiger partial charge in [-0.25, -0.2) is 0 Å². The molecule has 1 fully saturated rings. The molecule has 0 bridgehead atoms. The summed E-state index contributed by atoms with van der Waals surface area (Å²) in [5.41, 5.74) is 3.11. The zero-order chi connectivity index (χ0) is 19.7. The van der Waals surface area contributed by atoms with E-state index in [1.165, 1.54) is 4.90 Å². The van der Waals surface area contributed by atoms with Gasteiger partial charge in [-0.05, 0) is 37.1 Å². The van der Waals surface area contributed by atoms with Gasteiger partial charge < -0.3 is 15.5 Å². The van der Waals surface area contributed by atoms with Gasteiger partial charge in [0.25, 0.3) is 11.8 Å². The van der Waals surface area contributed by atoms with Crippen molar-refractivity contribution in [1.82, 2.24) is 10.2 Å². The summed E-state index contributed by atoms with van der Waals surface area (Å²) < 4.78 is 0. The monoisotopic (exact) mass is 375 g/mol. The maximum Gasteiger partial charge on any atom is 0.258 e. The number of fused-ring (bicyclic) bond motifs is 1. The number of hydrogen-bond acceptors (Lipinski definition) is 3. The fourth-order valence-corrected chi connectivity index (χ4v) is 3.24. The average molecular weight is 375 g/mol. The van der Waals surface area contributed by atoms with Gasteiger partial charge in [0.1, 0.15) is 0 Å². The minimum atomic E-state index is -0.226. The van der Waals surface area contributed by atoms with Gasteiger partial charge in [0.05, 0.1) is 0 Å². The molecular weight excluding hydrogens is 354 g/mol. The van der Waals surface area contributed by atoms with Crippen LogP contribution in [0.2, 0.25) is 0 Å². The summed E-state index contributed by atoms with van der Waals surface area (Å²) in [5, 5.41) is 5.72. The molecule has 6 heteroatoms. The highest BCUT2D eigenvalue weighted by atomic mass is 16.2. The van der Waals surface area contributed by atoms with Crippen molar-refractivity contribution < 1.29 is 14.4 Å². The van der Waals surface area contributed by atoms with Crippen LogP contribution < -0.4 is 10.6 Å². The number of carbonyl (C=O) groups excluding carboxylic acids is 3. The van der Waals surface area contributed by atoms with Gasteiger partial charge in [0.15, 0.2) is 0 Å². The molecule has 1 aliphatic carbocycles. The minimum Gasteiger partial charge on any atom is -0.349 e. The number of rotatable bonds is 6. The molecule has 0 radical (unpaired) electrons. The van der Waals surface area contributed by atoms with Crippen molar-refractivity contribution in [2.24, 2.45) is 0 Å². The van der Waals surface area contributed by atoms with Gasteiger partial charge in [-0.15, -0.1) is 0 Å². The third kappa shape index (κ3) is 3.67. The van der Waals surface area contributed by atoms with Crippen LogP contribution in [0.5, 0.6) is 0 Å². The Labute approximate surface area is 163 Å². The van der Waals surface area contributed by atoms with Crippen molar-refractivity contribution in [2.75, 3.05) is 11.9 Å². The zero-order valence-electron chi connectivity index (χ0n) is 15.4. The number of carbonyl (C=O) groups is 3. The van der Waals surface area contributed by atoms with Gasteiger partial charge in [-0.1, -0.05) is 30.8 Å². The Morgan fingerprint density at radius 2 is 1.82 bits per heavy atom. The molecule has 2 N–H and O–H groups in total. The van der Waals surface area contributed by atoms with E-state index in [2.05, 4.69) is 17.2 Å². The lowest BCUT2D eigenvalue weighted by atomic mass is 10.1. The quantitative estimate of drug-likeness (QED) is 0.815. The van der Waals surface area contributed by atoms with Crippen molar-refractivity contribution in [3.8, 4) is 0 Å². The normalized spacial score (nSPS) is 15.4. The van der Waals surface area contributed by atoms with E-state index in [9.17, 15) is 14.4 Å². The Morgan fingerprint density at radius 3 is 2.54 bits per heavy atom. The van der Waals surface area contributed by atoms with E-state index < -0.39 is 0 Å². The maximum atomic E-state index is 12.5. The van der Waals surface area contributed by atoms with Gasteiger partial charge in [0.2, 0.25) is 5.91 Å². The van der Waals surface area contributed by atoms with Crippen LogP contribution in [0, 0.1) is 0 Å². The summed E-state index contributed by atoms with van der Waals surface area (Å²) in [6.45, 7) is 4.23. The lowest BCUT2D eigenvalue weighted by Gasteiger charge is -2.17. The number of nitrogens with zero attached hydrogens (tertiary/aromatic N) is 1. The molecule has 2 aromatic carbocycles. The van der Waals surface area contributed by atoms with E-state index in [0.717, 1.165) is 18.4 Å². The summed E-state index contributed by atoms with van der Waals surface area (Å²) in [4.78, 5) is 38.5. The first-order chi connectivity index (χ1) is 13.5. The highest BCUT2D eigenvalue weighted by Gasteiger charge is 2.30. The Morgan fingerprint density at radius 1 is 1.07 bits per heavy atom. The van der Waals surface area contributed by atoms with Crippen LogP contribution in [0.1, 0.15) is 45.5 Å². The van der Waals surface area contributed by atoms with Gasteiger partial charge in [-0.2, -0.15) is 0 Å². The summed E-state index contributed by atoms with van der Waals surface area (Å²) in [7, 11) is 0. The number of amides is 3. The molecule has 6 nitrogen and oxygen atoms in total. The highest BCUT2D eigenvalue weighted by molar-refractivity contribution is 6.09. The summed E-state index contributed by atoms with van der Waals surface area (Å²) >= 11 is 0. The Hall–Kier alpha value is -3.41. The second kappa shape index (κ2) is 7.31. The largest absolute Gasteiger partial charge is 0.349 e. The van der Waals surface area contributed by atoms with E-state index in [4.69, 9.17) is 0 Å². The van der Waals surface area contributed by atoms with Crippen LogP contribution in [-0.2, 0) is 4.79 Å². The molecule has 0 spiro atoms. The Balaban J connectivity index is 1.34. The fraction of sp³-hybridized carbons (Fsp3) is 0.227. The Kier molecular flexibility index (Phi) is 4.69. The predicted molar refractivity (Wildman–Crippen MR) is 107 cm³/mol. The molecule has 0 aromatic heterocycles. The molecule has 1 saturated carbocycles. The van der Waals surface area contributed by atoms with Crippen molar-refractivity contribution in [2.45, 2.75) is 25.3 Å². The molecule has 1 heterocycles. The van der Waals surface area contributed by atoms with E-state index in [-0.39, 0.29) is 36.7 Å². The van der Waals surface area contributed by atoms with Crippen LogP contribution in [0.25, 0.3) is 5.70 Å². The van der Waals surface area contributed by atoms with Gasteiger partial charge in [-0.3, -0.25) is 14.4 Å². The second-order valence-electron chi connectivity index (χ2n) is 7.08. The van der Waals surface area contributed by atoms with E-state index in [0.29, 0.717) is 22.5 Å². The first-order valence-electron chi connectivity index (χ1n) is 9.34. The van der Waals surface area contributed by atoms with Crippen LogP contribution in [-0.4, -0.2) is 35.2 Å². The molecule has 2 aliphatic rings. The molecule has 0 unspecified atom stereocenters. The van der Waals surface area contributed by atoms with Crippen LogP contribution in [0.4, 0.5) is 5.69 Å². The first kappa shape index (κ1) is 18.0. The first-order valence-corrected chi connectivity index (χ1v) is 9.34. The van der Waals surface area contributed by atoms with E-state index in [1.54, 1.807) is 30.3 Å². The number of hydrogen-bond donors (Lipinski definition) is 2. The molecule has 4 rings (SSSR count). The Bertz CT molecular complexity index is 943. The molecule has 28 heavy (non-hydrogen) atoms. The van der Waals surface area contributed by atoms with Crippen molar-refractivity contribution in [3.63, 3.8) is 0 Å². The summed E-state index contributed by atoms with van der Waals surface area (Å²) in [6.07, 6.45) is 2.18. The molecule has 1 aliphatic heterocycles. The third-order valence-corrected chi connectivity index (χ3v) is 4.92. The third-order valence-electron chi connectivity index (χ3n) is 4.92. The molecule has 2 aromatic rings. The zero-order valence-corrected chi connectivity index (χ0v) is 15.4. The van der Waals surface area contributed by atoms with Crippen molar-refractivity contribution in [3.05, 3.63) is 71.8 Å². The molecule has 0 atom stereocenters. The molecule has 0 saturated heterocycles. The standard InChI is InChI=1S/C22H21N3O3/c1-14-18-7-2-3-8-19(18)22(28)25(14)12-11-20(26)23-17-6-4-5-15(13-17)21(27)24-16-9-10-16/h2-8,13,16H,1,9-12H2,(H,23,26)(H,24,27). The average Bonchev–Trinajstić information content (AvgIpc) is 3.48. The summed E-state index contributed by atoms with van der Waals surface area (Å²) in [6, 6.07) is 14.4. The lowest BCUT2D eigenvalue weighted by molar-refractivity contribution is -0.116. The van der Waals surface area contributed by atoms with Crippen LogP contribution in [0.15, 0.2) is 55.1 Å². The molecule has 3 amide bonds. The van der Waals surface area contributed by atoms with E-state index >= 15 is 0 Å². The van der Waals surface area contributed by atoms with Crippen molar-refractivity contribution >= 4 is 29.1 Å². The second-order valence-corrected chi connectivity index (χ2v) is 7.08. The number of anilines is 1. The topological polar surface area (TPSA) is 78.5 Å². The van der Waals surface area contributed by atoms with Gasteiger partial charge in [0, 0.05) is 47.1 Å². The smallest absolute Gasteiger partial charge is 0.258 e. The van der Waals surface area contributed by atoms with Crippen LogP contribution in [0.3, 0.4) is 0 Å². The predicted octanol–water partition coefficient (Wildman–Crippen LogP) is 3.03. The highest BCUT2D eigenvalue weighted by Crippen LogP contribution is 2.31. The SMILES string of the molecule is C=C1c2ccccc2C(=O)N1CCC(=O)Nc1cccc(C(=O)NC2CC2)c1. The number of nitrogens with one attached hydrogen (secondary N) is 2. The van der Waals surface area contributed by atoms with Gasteiger partial charge >= 0.3 is 0 Å². The maximum absolute atomic E-state index is 12.5. The minimum absolute atomic E-state index is 0.129.